The van der Waals surface area contributed by atoms with Gasteiger partial charge >= 0.3 is 6.09 Å². The third kappa shape index (κ3) is 5.47. The van der Waals surface area contributed by atoms with Gasteiger partial charge in [0.2, 0.25) is 0 Å². The van der Waals surface area contributed by atoms with Gasteiger partial charge in [0.15, 0.2) is 0 Å². The number of rotatable bonds is 4. The number of nitrogens with two attached hydrogens (primary N) is 1. The molecule has 0 bridgehead atoms. The van der Waals surface area contributed by atoms with Crippen molar-refractivity contribution >= 4 is 6.09 Å². The summed E-state index contributed by atoms with van der Waals surface area (Å²) in [6.45, 7) is 6.66. The van der Waals surface area contributed by atoms with E-state index in [0.29, 0.717) is 6.54 Å². The van der Waals surface area contributed by atoms with E-state index < -0.39 is 6.09 Å². The molecule has 0 heterocycles. The van der Waals surface area contributed by atoms with Gasteiger partial charge < -0.3 is 16.2 Å². The van der Waals surface area contributed by atoms with Gasteiger partial charge in [-0.3, -0.25) is 0 Å². The first-order chi connectivity index (χ1) is 5.88. The Balaban J connectivity index is 4.11. The van der Waals surface area contributed by atoms with E-state index in [0.717, 1.165) is 12.8 Å². The number of carbonyl (C=O) groups is 1. The van der Waals surface area contributed by atoms with E-state index >= 15 is 0 Å². The second-order valence-electron chi connectivity index (χ2n) is 4.30. The highest BCUT2D eigenvalue weighted by molar-refractivity contribution is 5.64. The summed E-state index contributed by atoms with van der Waals surface area (Å²) < 4.78 is 0. The lowest BCUT2D eigenvalue weighted by Gasteiger charge is -2.30. The Labute approximate surface area is 79.5 Å². The molecule has 0 aromatic carbocycles. The third-order valence-corrected chi connectivity index (χ3v) is 2.04. The summed E-state index contributed by atoms with van der Waals surface area (Å²) in [6.07, 6.45) is 0.686. The van der Waals surface area contributed by atoms with Crippen LogP contribution < -0.4 is 11.1 Å². The Morgan fingerprint density at radius 3 is 2.38 bits per heavy atom. The fraction of sp³-hybridized carbons (Fsp3) is 0.889. The van der Waals surface area contributed by atoms with Crippen molar-refractivity contribution in [2.24, 2.45) is 11.1 Å². The van der Waals surface area contributed by atoms with Crippen molar-refractivity contribution in [3.63, 3.8) is 0 Å². The lowest BCUT2D eigenvalue weighted by Crippen LogP contribution is -2.43. The highest BCUT2D eigenvalue weighted by Gasteiger charge is 2.25. The molecule has 0 spiro atoms. The molecule has 0 aromatic rings. The molecular formula is C9H20N2O2. The molecule has 0 aliphatic carbocycles. The maximum absolute atomic E-state index is 10.5. The minimum absolute atomic E-state index is 0.0199. The molecule has 0 aliphatic rings. The van der Waals surface area contributed by atoms with Crippen molar-refractivity contribution in [3.05, 3.63) is 0 Å². The highest BCUT2D eigenvalue weighted by atomic mass is 16.4. The van der Waals surface area contributed by atoms with Crippen LogP contribution in [0.15, 0.2) is 0 Å². The van der Waals surface area contributed by atoms with Crippen LogP contribution in [0, 0.1) is 5.41 Å². The van der Waals surface area contributed by atoms with Gasteiger partial charge in [0, 0.05) is 6.04 Å². The van der Waals surface area contributed by atoms with Crippen molar-refractivity contribution in [3.8, 4) is 0 Å². The summed E-state index contributed by atoms with van der Waals surface area (Å²) in [5.74, 6) is 0. The van der Waals surface area contributed by atoms with E-state index in [1.54, 1.807) is 0 Å². The summed E-state index contributed by atoms with van der Waals surface area (Å²) in [7, 11) is 0. The molecular weight excluding hydrogens is 168 g/mol. The Kier molecular flexibility index (Phi) is 4.77. The molecule has 4 N–H and O–H groups in total. The van der Waals surface area contributed by atoms with Crippen LogP contribution in [0.2, 0.25) is 0 Å². The molecule has 1 unspecified atom stereocenters. The van der Waals surface area contributed by atoms with E-state index in [4.69, 9.17) is 10.8 Å². The molecule has 0 rings (SSSR count). The Morgan fingerprint density at radius 1 is 1.54 bits per heavy atom. The summed E-state index contributed by atoms with van der Waals surface area (Å²) >= 11 is 0. The van der Waals surface area contributed by atoms with Crippen LogP contribution in [0.5, 0.6) is 0 Å². The maximum atomic E-state index is 10.5. The molecule has 0 saturated carbocycles. The van der Waals surface area contributed by atoms with Crippen LogP contribution in [0.3, 0.4) is 0 Å². The number of amides is 1. The van der Waals surface area contributed by atoms with E-state index in [2.05, 4.69) is 5.32 Å². The summed E-state index contributed by atoms with van der Waals surface area (Å²) in [5, 5.41) is 11.1. The molecule has 0 saturated heterocycles. The third-order valence-electron chi connectivity index (χ3n) is 2.04. The fourth-order valence-electron chi connectivity index (χ4n) is 1.19. The predicted molar refractivity (Wildman–Crippen MR) is 52.7 cm³/mol. The van der Waals surface area contributed by atoms with Gasteiger partial charge in [0.1, 0.15) is 0 Å². The van der Waals surface area contributed by atoms with E-state index in [9.17, 15) is 4.79 Å². The van der Waals surface area contributed by atoms with Gasteiger partial charge in [-0.1, -0.05) is 20.8 Å². The van der Waals surface area contributed by atoms with E-state index in [1.807, 2.05) is 20.8 Å². The smallest absolute Gasteiger partial charge is 0.404 e. The van der Waals surface area contributed by atoms with Crippen molar-refractivity contribution in [2.75, 3.05) is 6.54 Å². The van der Waals surface area contributed by atoms with Gasteiger partial charge in [-0.05, 0) is 24.8 Å². The van der Waals surface area contributed by atoms with Crippen molar-refractivity contribution in [1.29, 1.82) is 0 Å². The van der Waals surface area contributed by atoms with Gasteiger partial charge in [0.25, 0.3) is 0 Å². The monoisotopic (exact) mass is 188 g/mol. The lowest BCUT2D eigenvalue weighted by atomic mass is 9.84. The average Bonchev–Trinajstić information content (AvgIpc) is 1.95. The normalized spacial score (nSPS) is 13.8. The zero-order valence-electron chi connectivity index (χ0n) is 8.63. The van der Waals surface area contributed by atoms with Crippen LogP contribution in [0.25, 0.3) is 0 Å². The predicted octanol–water partition coefficient (Wildman–Crippen LogP) is 1.41. The zero-order valence-corrected chi connectivity index (χ0v) is 8.63. The van der Waals surface area contributed by atoms with Gasteiger partial charge in [-0.15, -0.1) is 0 Å². The summed E-state index contributed by atoms with van der Waals surface area (Å²) in [4.78, 5) is 10.5. The molecule has 0 aliphatic heterocycles. The molecule has 4 nitrogen and oxygen atoms in total. The molecule has 1 atom stereocenters. The number of nitrogens with one attached hydrogen (secondary N) is 1. The first-order valence-corrected chi connectivity index (χ1v) is 4.57. The van der Waals surface area contributed by atoms with Crippen molar-refractivity contribution in [2.45, 2.75) is 39.7 Å². The summed E-state index contributed by atoms with van der Waals surface area (Å²) in [6, 6.07) is -0.0199. The minimum Gasteiger partial charge on any atom is -0.465 e. The number of carboxylic acid groups (broad SMARTS) is 1. The Bertz CT molecular complexity index is 163. The quantitative estimate of drug-likeness (QED) is 0.624. The summed E-state index contributed by atoms with van der Waals surface area (Å²) in [5.41, 5.74) is 5.33. The topological polar surface area (TPSA) is 75.3 Å². The molecule has 0 radical (unpaired) electrons. The van der Waals surface area contributed by atoms with Crippen LogP contribution >= 0.6 is 0 Å². The first kappa shape index (κ1) is 12.2. The lowest BCUT2D eigenvalue weighted by molar-refractivity contribution is 0.171. The molecule has 0 aromatic heterocycles. The van der Waals surface area contributed by atoms with Gasteiger partial charge in [-0.25, -0.2) is 4.79 Å². The second kappa shape index (κ2) is 5.07. The Hall–Kier alpha value is -0.770. The van der Waals surface area contributed by atoms with Crippen molar-refractivity contribution in [1.82, 2.24) is 5.32 Å². The van der Waals surface area contributed by atoms with E-state index in [-0.39, 0.29) is 11.5 Å². The first-order valence-electron chi connectivity index (χ1n) is 4.57. The minimum atomic E-state index is -0.961. The fourth-order valence-corrected chi connectivity index (χ4v) is 1.19. The molecule has 1 amide bonds. The SMILES string of the molecule is CC(C)(C)C(CCCN)NC(=O)O. The standard InChI is InChI=1S/C9H20N2O2/c1-9(2,3)7(5-4-6-10)11-8(12)13/h7,11H,4-6,10H2,1-3H3,(H,12,13). The van der Waals surface area contributed by atoms with Gasteiger partial charge in [-0.2, -0.15) is 0 Å². The highest BCUT2D eigenvalue weighted by Crippen LogP contribution is 2.22. The van der Waals surface area contributed by atoms with Crippen LogP contribution in [-0.2, 0) is 0 Å². The van der Waals surface area contributed by atoms with Crippen LogP contribution in [-0.4, -0.2) is 23.8 Å². The maximum Gasteiger partial charge on any atom is 0.404 e. The molecule has 0 fully saturated rings. The zero-order chi connectivity index (χ0) is 10.5. The molecule has 4 heteroatoms. The van der Waals surface area contributed by atoms with Crippen molar-refractivity contribution < 1.29 is 9.90 Å². The Morgan fingerprint density at radius 2 is 2.08 bits per heavy atom. The second-order valence-corrected chi connectivity index (χ2v) is 4.30. The van der Waals surface area contributed by atoms with Crippen LogP contribution in [0.4, 0.5) is 4.79 Å². The number of hydrogen-bond acceptors (Lipinski definition) is 2. The molecule has 13 heavy (non-hydrogen) atoms. The largest absolute Gasteiger partial charge is 0.465 e. The van der Waals surface area contributed by atoms with Crippen LogP contribution in [0.1, 0.15) is 33.6 Å². The molecule has 78 valence electrons. The van der Waals surface area contributed by atoms with Gasteiger partial charge in [0.05, 0.1) is 0 Å². The number of hydrogen-bond donors (Lipinski definition) is 3. The average molecular weight is 188 g/mol. The van der Waals surface area contributed by atoms with E-state index in [1.165, 1.54) is 0 Å².